The molecule has 4 fully saturated rings. The third-order valence-electron chi connectivity index (χ3n) is 9.93. The van der Waals surface area contributed by atoms with Crippen molar-refractivity contribution >= 4 is 0 Å². The van der Waals surface area contributed by atoms with Gasteiger partial charge in [-0.25, -0.2) is 0 Å². The second-order valence-corrected chi connectivity index (χ2v) is 10.6. The molecule has 8 atom stereocenters. The average Bonchev–Trinajstić information content (AvgIpc) is 2.92. The zero-order valence-corrected chi connectivity index (χ0v) is 16.4. The van der Waals surface area contributed by atoms with Crippen LogP contribution in [0, 0.1) is 46.3 Å². The first-order valence-electron chi connectivity index (χ1n) is 11.1. The molecule has 0 amide bonds. The highest BCUT2D eigenvalue weighted by Crippen LogP contribution is 2.68. The lowest BCUT2D eigenvalue weighted by Gasteiger charge is -2.61. The fourth-order valence-electron chi connectivity index (χ4n) is 8.68. The van der Waals surface area contributed by atoms with E-state index in [1.54, 1.807) is 0 Å². The van der Waals surface area contributed by atoms with Crippen LogP contribution < -0.4 is 0 Å². The standard InChI is InChI=1S/C23H40O/c1-16(12-15-24)19-9-10-20-18-8-7-17-6-4-5-13-22(17,2)21(18)11-14-23(19,20)3/h16-21,24H,4-15H2,1-3H3. The van der Waals surface area contributed by atoms with Gasteiger partial charge in [0, 0.05) is 6.61 Å². The van der Waals surface area contributed by atoms with Crippen molar-refractivity contribution in [3.63, 3.8) is 0 Å². The second-order valence-electron chi connectivity index (χ2n) is 10.6. The predicted octanol–water partition coefficient (Wildman–Crippen LogP) is 6.05. The lowest BCUT2D eigenvalue weighted by Crippen LogP contribution is -2.53. The second kappa shape index (κ2) is 6.29. The quantitative estimate of drug-likeness (QED) is 0.666. The summed E-state index contributed by atoms with van der Waals surface area (Å²) >= 11 is 0. The highest BCUT2D eigenvalue weighted by Gasteiger charge is 2.59. The Hall–Kier alpha value is -0.0400. The predicted molar refractivity (Wildman–Crippen MR) is 101 cm³/mol. The zero-order valence-electron chi connectivity index (χ0n) is 16.4. The molecule has 0 aromatic carbocycles. The van der Waals surface area contributed by atoms with Crippen molar-refractivity contribution in [3.05, 3.63) is 0 Å². The summed E-state index contributed by atoms with van der Waals surface area (Å²) in [5.74, 6) is 5.66. The topological polar surface area (TPSA) is 20.2 Å². The lowest BCUT2D eigenvalue weighted by molar-refractivity contribution is -0.114. The van der Waals surface area contributed by atoms with Crippen LogP contribution in [0.15, 0.2) is 0 Å². The minimum absolute atomic E-state index is 0.379. The molecule has 24 heavy (non-hydrogen) atoms. The maximum absolute atomic E-state index is 9.43. The fourth-order valence-corrected chi connectivity index (χ4v) is 8.68. The van der Waals surface area contributed by atoms with Gasteiger partial charge in [0.2, 0.25) is 0 Å². The number of aliphatic hydroxyl groups excluding tert-OH is 1. The van der Waals surface area contributed by atoms with E-state index in [-0.39, 0.29) is 0 Å². The SMILES string of the molecule is CC(CCO)C1CCC2C3CCC4CCCCC4(C)C3CCC12C. The van der Waals surface area contributed by atoms with Gasteiger partial charge in [-0.15, -0.1) is 0 Å². The largest absolute Gasteiger partial charge is 0.396 e. The Morgan fingerprint density at radius 3 is 2.46 bits per heavy atom. The molecule has 4 saturated carbocycles. The van der Waals surface area contributed by atoms with Crippen molar-refractivity contribution in [2.24, 2.45) is 46.3 Å². The maximum Gasteiger partial charge on any atom is 0.0433 e. The molecule has 0 heterocycles. The Labute approximate surface area is 150 Å². The van der Waals surface area contributed by atoms with Crippen LogP contribution in [0.25, 0.3) is 0 Å². The molecule has 1 nitrogen and oxygen atoms in total. The van der Waals surface area contributed by atoms with E-state index >= 15 is 0 Å². The van der Waals surface area contributed by atoms with E-state index in [9.17, 15) is 5.11 Å². The van der Waals surface area contributed by atoms with Gasteiger partial charge in [-0.2, -0.15) is 0 Å². The third-order valence-corrected chi connectivity index (χ3v) is 9.93. The van der Waals surface area contributed by atoms with E-state index < -0.39 is 0 Å². The van der Waals surface area contributed by atoms with Crippen LogP contribution in [0.4, 0.5) is 0 Å². The first-order chi connectivity index (χ1) is 11.5. The Bertz CT molecular complexity index is 459. The van der Waals surface area contributed by atoms with E-state index in [1.807, 2.05) is 0 Å². The lowest BCUT2D eigenvalue weighted by atomic mass is 9.44. The molecule has 8 unspecified atom stereocenters. The van der Waals surface area contributed by atoms with Gasteiger partial charge in [0.1, 0.15) is 0 Å². The van der Waals surface area contributed by atoms with Gasteiger partial charge in [0.05, 0.1) is 0 Å². The molecule has 4 aliphatic carbocycles. The van der Waals surface area contributed by atoms with Gasteiger partial charge in [-0.3, -0.25) is 0 Å². The zero-order chi connectivity index (χ0) is 16.9. The summed E-state index contributed by atoms with van der Waals surface area (Å²) in [4.78, 5) is 0. The van der Waals surface area contributed by atoms with Crippen molar-refractivity contribution < 1.29 is 5.11 Å². The van der Waals surface area contributed by atoms with E-state index in [0.717, 1.165) is 36.0 Å². The number of rotatable bonds is 3. The van der Waals surface area contributed by atoms with E-state index in [1.165, 1.54) is 64.2 Å². The maximum atomic E-state index is 9.43. The summed E-state index contributed by atoms with van der Waals surface area (Å²) in [5.41, 5.74) is 1.25. The van der Waals surface area contributed by atoms with Crippen molar-refractivity contribution in [3.8, 4) is 0 Å². The molecule has 1 N–H and O–H groups in total. The van der Waals surface area contributed by atoms with Crippen LogP contribution >= 0.6 is 0 Å². The molecule has 0 aliphatic heterocycles. The Balaban J connectivity index is 1.57. The third kappa shape index (κ3) is 2.43. The molecule has 138 valence electrons. The summed E-state index contributed by atoms with van der Waals surface area (Å²) in [7, 11) is 0. The molecule has 1 heteroatoms. The molecule has 0 aromatic rings. The van der Waals surface area contributed by atoms with Crippen molar-refractivity contribution in [2.45, 2.75) is 91.4 Å². The fraction of sp³-hybridized carbons (Fsp3) is 1.00. The highest BCUT2D eigenvalue weighted by atomic mass is 16.3. The van der Waals surface area contributed by atoms with Crippen LogP contribution in [0.3, 0.4) is 0 Å². The summed E-state index contributed by atoms with van der Waals surface area (Å²) in [6.45, 7) is 8.13. The van der Waals surface area contributed by atoms with Gasteiger partial charge < -0.3 is 5.11 Å². The smallest absolute Gasteiger partial charge is 0.0433 e. The van der Waals surface area contributed by atoms with Gasteiger partial charge in [0.15, 0.2) is 0 Å². The van der Waals surface area contributed by atoms with Gasteiger partial charge in [-0.1, -0.05) is 33.6 Å². The molecular weight excluding hydrogens is 292 g/mol. The van der Waals surface area contributed by atoms with Gasteiger partial charge in [0.25, 0.3) is 0 Å². The monoisotopic (exact) mass is 332 g/mol. The summed E-state index contributed by atoms with van der Waals surface area (Å²) in [6.07, 6.45) is 16.0. The van der Waals surface area contributed by atoms with Crippen LogP contribution in [0.2, 0.25) is 0 Å². The molecule has 0 aromatic heterocycles. The van der Waals surface area contributed by atoms with Crippen LogP contribution in [0.1, 0.15) is 91.4 Å². The van der Waals surface area contributed by atoms with Crippen LogP contribution in [-0.2, 0) is 0 Å². The number of hydrogen-bond acceptors (Lipinski definition) is 1. The average molecular weight is 333 g/mol. The van der Waals surface area contributed by atoms with Gasteiger partial charge >= 0.3 is 0 Å². The first kappa shape index (κ1) is 17.4. The Morgan fingerprint density at radius 2 is 1.67 bits per heavy atom. The summed E-state index contributed by atoms with van der Waals surface area (Å²) in [6, 6.07) is 0. The Kier molecular flexibility index (Phi) is 4.55. The number of hydrogen-bond donors (Lipinski definition) is 1. The molecule has 4 rings (SSSR count). The van der Waals surface area contributed by atoms with E-state index in [0.29, 0.717) is 23.4 Å². The highest BCUT2D eigenvalue weighted by molar-refractivity contribution is 5.09. The van der Waals surface area contributed by atoms with Crippen molar-refractivity contribution in [2.75, 3.05) is 6.61 Å². The number of aliphatic hydroxyl groups is 1. The molecule has 0 spiro atoms. The molecular formula is C23H40O. The molecule has 0 bridgehead atoms. The van der Waals surface area contributed by atoms with Crippen molar-refractivity contribution in [1.29, 1.82) is 0 Å². The molecule has 4 aliphatic rings. The van der Waals surface area contributed by atoms with Gasteiger partial charge in [-0.05, 0) is 104 Å². The molecule has 0 radical (unpaired) electrons. The first-order valence-corrected chi connectivity index (χ1v) is 11.1. The number of fused-ring (bicyclic) bond motifs is 5. The summed E-state index contributed by atoms with van der Waals surface area (Å²) in [5, 5.41) is 9.43. The van der Waals surface area contributed by atoms with Crippen molar-refractivity contribution in [1.82, 2.24) is 0 Å². The van der Waals surface area contributed by atoms with Crippen LogP contribution in [0.5, 0.6) is 0 Å². The minimum Gasteiger partial charge on any atom is -0.396 e. The minimum atomic E-state index is 0.379. The van der Waals surface area contributed by atoms with Crippen LogP contribution in [-0.4, -0.2) is 11.7 Å². The summed E-state index contributed by atoms with van der Waals surface area (Å²) < 4.78 is 0. The van der Waals surface area contributed by atoms with E-state index in [4.69, 9.17) is 0 Å². The van der Waals surface area contributed by atoms with E-state index in [2.05, 4.69) is 20.8 Å². The normalized spacial score (nSPS) is 52.2. The molecule has 0 saturated heterocycles. The Morgan fingerprint density at radius 1 is 0.875 bits per heavy atom.